The average molecular weight is 424 g/mol. The number of carbonyl (C=O) groups excluding carboxylic acids is 2. The van der Waals surface area contributed by atoms with Crippen molar-refractivity contribution in [3.63, 3.8) is 0 Å². The van der Waals surface area contributed by atoms with E-state index >= 15 is 0 Å². The minimum Gasteiger partial charge on any atom is -0.481 e. The number of ether oxygens (including phenoxy) is 1. The van der Waals surface area contributed by atoms with Gasteiger partial charge in [-0.1, -0.05) is 61.9 Å². The SMILES string of the molecule is CCC[C@@H](CC(=O)O)NC(=O)[C@H](C)NC(=O)OCC1c2ccccc2-c2ccccc21. The maximum atomic E-state index is 12.4. The van der Waals surface area contributed by atoms with Crippen molar-refractivity contribution in [2.75, 3.05) is 6.61 Å². The Balaban J connectivity index is 1.56. The fraction of sp³-hybridized carbons (Fsp3) is 0.375. The number of hydrogen-bond acceptors (Lipinski definition) is 4. The van der Waals surface area contributed by atoms with Gasteiger partial charge in [-0.05, 0) is 35.6 Å². The van der Waals surface area contributed by atoms with Gasteiger partial charge in [-0.3, -0.25) is 9.59 Å². The third kappa shape index (κ3) is 5.42. The summed E-state index contributed by atoms with van der Waals surface area (Å²) < 4.78 is 5.45. The smallest absolute Gasteiger partial charge is 0.407 e. The first-order valence-electron chi connectivity index (χ1n) is 10.5. The van der Waals surface area contributed by atoms with Gasteiger partial charge in [-0.2, -0.15) is 0 Å². The Kier molecular flexibility index (Phi) is 7.28. The van der Waals surface area contributed by atoms with Crippen LogP contribution < -0.4 is 10.6 Å². The second-order valence-corrected chi connectivity index (χ2v) is 7.78. The van der Waals surface area contributed by atoms with Crippen molar-refractivity contribution in [1.82, 2.24) is 10.6 Å². The van der Waals surface area contributed by atoms with Gasteiger partial charge in [0.15, 0.2) is 0 Å². The molecular formula is C24H28N2O5. The van der Waals surface area contributed by atoms with Crippen molar-refractivity contribution < 1.29 is 24.2 Å². The summed E-state index contributed by atoms with van der Waals surface area (Å²) in [4.78, 5) is 35.6. The highest BCUT2D eigenvalue weighted by Crippen LogP contribution is 2.44. The quantitative estimate of drug-likeness (QED) is 0.570. The fourth-order valence-corrected chi connectivity index (χ4v) is 3.99. The van der Waals surface area contributed by atoms with Gasteiger partial charge < -0.3 is 20.5 Å². The van der Waals surface area contributed by atoms with Crippen molar-refractivity contribution in [2.45, 2.75) is 51.1 Å². The van der Waals surface area contributed by atoms with Gasteiger partial charge in [0.2, 0.25) is 5.91 Å². The molecule has 3 rings (SSSR count). The highest BCUT2D eigenvalue weighted by atomic mass is 16.5. The molecule has 1 aliphatic rings. The van der Waals surface area contributed by atoms with E-state index in [1.54, 1.807) is 6.92 Å². The number of rotatable bonds is 9. The molecule has 0 saturated carbocycles. The van der Waals surface area contributed by atoms with Gasteiger partial charge in [-0.25, -0.2) is 4.79 Å². The third-order valence-electron chi connectivity index (χ3n) is 5.48. The van der Waals surface area contributed by atoms with E-state index in [2.05, 4.69) is 22.8 Å². The monoisotopic (exact) mass is 424 g/mol. The first-order valence-corrected chi connectivity index (χ1v) is 10.5. The molecule has 7 nitrogen and oxygen atoms in total. The lowest BCUT2D eigenvalue weighted by Crippen LogP contribution is -2.48. The zero-order valence-corrected chi connectivity index (χ0v) is 17.8. The van der Waals surface area contributed by atoms with E-state index in [4.69, 9.17) is 9.84 Å². The Hall–Kier alpha value is -3.35. The van der Waals surface area contributed by atoms with Gasteiger partial charge in [0.05, 0.1) is 6.42 Å². The molecule has 0 aliphatic heterocycles. The van der Waals surface area contributed by atoms with E-state index < -0.39 is 30.1 Å². The molecule has 2 aromatic carbocycles. The van der Waals surface area contributed by atoms with E-state index in [0.29, 0.717) is 6.42 Å². The lowest BCUT2D eigenvalue weighted by atomic mass is 9.98. The second-order valence-electron chi connectivity index (χ2n) is 7.78. The van der Waals surface area contributed by atoms with Crippen LogP contribution >= 0.6 is 0 Å². The van der Waals surface area contributed by atoms with E-state index in [1.165, 1.54) is 0 Å². The summed E-state index contributed by atoms with van der Waals surface area (Å²) in [5, 5.41) is 14.2. The summed E-state index contributed by atoms with van der Waals surface area (Å²) in [5.41, 5.74) is 4.50. The number of amides is 2. The number of benzene rings is 2. The Morgan fingerprint density at radius 3 is 2.13 bits per heavy atom. The molecule has 164 valence electrons. The summed E-state index contributed by atoms with van der Waals surface area (Å²) >= 11 is 0. The maximum absolute atomic E-state index is 12.4. The van der Waals surface area contributed by atoms with Crippen LogP contribution in [0.3, 0.4) is 0 Å². The van der Waals surface area contributed by atoms with Crippen molar-refractivity contribution in [1.29, 1.82) is 0 Å². The Bertz CT molecular complexity index is 913. The molecule has 31 heavy (non-hydrogen) atoms. The topological polar surface area (TPSA) is 105 Å². The van der Waals surface area contributed by atoms with Crippen LogP contribution in [0.4, 0.5) is 4.79 Å². The molecule has 0 aromatic heterocycles. The number of aliphatic carboxylic acids is 1. The highest BCUT2D eigenvalue weighted by molar-refractivity contribution is 5.86. The van der Waals surface area contributed by atoms with E-state index in [0.717, 1.165) is 28.7 Å². The fourth-order valence-electron chi connectivity index (χ4n) is 3.99. The van der Waals surface area contributed by atoms with E-state index in [9.17, 15) is 14.4 Å². The molecule has 0 heterocycles. The molecule has 0 unspecified atom stereocenters. The number of hydrogen-bond donors (Lipinski definition) is 3. The molecule has 0 saturated heterocycles. The van der Waals surface area contributed by atoms with Crippen LogP contribution in [0.2, 0.25) is 0 Å². The molecule has 2 amide bonds. The third-order valence-corrected chi connectivity index (χ3v) is 5.48. The molecule has 0 fully saturated rings. The van der Waals surface area contributed by atoms with Crippen molar-refractivity contribution in [2.24, 2.45) is 0 Å². The lowest BCUT2D eigenvalue weighted by molar-refractivity contribution is -0.137. The summed E-state index contributed by atoms with van der Waals surface area (Å²) in [6.07, 6.45) is 0.453. The predicted octanol–water partition coefficient (Wildman–Crippen LogP) is 3.67. The number of nitrogens with one attached hydrogen (secondary N) is 2. The zero-order valence-electron chi connectivity index (χ0n) is 17.8. The summed E-state index contributed by atoms with van der Waals surface area (Å²) in [5.74, 6) is -1.48. The van der Waals surface area contributed by atoms with E-state index in [1.807, 2.05) is 43.3 Å². The zero-order chi connectivity index (χ0) is 22.4. The average Bonchev–Trinajstić information content (AvgIpc) is 3.06. The van der Waals surface area contributed by atoms with Crippen molar-refractivity contribution >= 4 is 18.0 Å². The number of fused-ring (bicyclic) bond motifs is 3. The van der Waals surface area contributed by atoms with Crippen LogP contribution in [-0.2, 0) is 14.3 Å². The highest BCUT2D eigenvalue weighted by Gasteiger charge is 2.29. The largest absolute Gasteiger partial charge is 0.481 e. The lowest BCUT2D eigenvalue weighted by Gasteiger charge is -2.20. The molecule has 3 N–H and O–H groups in total. The van der Waals surface area contributed by atoms with Gasteiger partial charge in [0, 0.05) is 12.0 Å². The van der Waals surface area contributed by atoms with Crippen LogP contribution in [0.15, 0.2) is 48.5 Å². The molecule has 1 aliphatic carbocycles. The molecular weight excluding hydrogens is 396 g/mol. The predicted molar refractivity (Wildman–Crippen MR) is 117 cm³/mol. The normalized spacial score (nSPS) is 14.1. The Morgan fingerprint density at radius 1 is 1.00 bits per heavy atom. The van der Waals surface area contributed by atoms with Crippen LogP contribution in [-0.4, -0.2) is 41.8 Å². The van der Waals surface area contributed by atoms with Gasteiger partial charge >= 0.3 is 12.1 Å². The number of carbonyl (C=O) groups is 3. The summed E-state index contributed by atoms with van der Waals surface area (Å²) in [7, 11) is 0. The van der Waals surface area contributed by atoms with Gasteiger partial charge in [0.1, 0.15) is 12.6 Å². The first kappa shape index (κ1) is 22.3. The number of alkyl carbamates (subject to hydrolysis) is 1. The Morgan fingerprint density at radius 2 is 1.58 bits per heavy atom. The van der Waals surface area contributed by atoms with Crippen molar-refractivity contribution in [3.8, 4) is 11.1 Å². The van der Waals surface area contributed by atoms with E-state index in [-0.39, 0.29) is 18.9 Å². The van der Waals surface area contributed by atoms with Crippen LogP contribution in [0.1, 0.15) is 50.2 Å². The minimum atomic E-state index is -0.976. The minimum absolute atomic E-state index is 0.0632. The molecule has 2 aromatic rings. The first-order chi connectivity index (χ1) is 14.9. The Labute approximate surface area is 181 Å². The molecule has 0 spiro atoms. The molecule has 7 heteroatoms. The van der Waals surface area contributed by atoms with Gasteiger partial charge in [-0.15, -0.1) is 0 Å². The second kappa shape index (κ2) is 10.1. The molecule has 0 bridgehead atoms. The standard InChI is InChI=1S/C24H28N2O5/c1-3-8-16(13-22(27)28)26-23(29)15(2)25-24(30)31-14-21-19-11-6-4-9-17(19)18-10-5-7-12-20(18)21/h4-7,9-12,15-16,21H,3,8,13-14H2,1-2H3,(H,25,30)(H,26,29)(H,27,28)/t15-,16-/m0/s1. The van der Waals surface area contributed by atoms with Crippen molar-refractivity contribution in [3.05, 3.63) is 59.7 Å². The number of carboxylic acid groups (broad SMARTS) is 1. The number of carboxylic acids is 1. The summed E-state index contributed by atoms with van der Waals surface area (Å²) in [6.45, 7) is 3.62. The summed E-state index contributed by atoms with van der Waals surface area (Å²) in [6, 6.07) is 14.8. The van der Waals surface area contributed by atoms with Crippen LogP contribution in [0.5, 0.6) is 0 Å². The molecule has 0 radical (unpaired) electrons. The maximum Gasteiger partial charge on any atom is 0.407 e. The van der Waals surface area contributed by atoms with Gasteiger partial charge in [0.25, 0.3) is 0 Å². The van der Waals surface area contributed by atoms with Crippen LogP contribution in [0, 0.1) is 0 Å². The molecule has 2 atom stereocenters. The van der Waals surface area contributed by atoms with Crippen LogP contribution in [0.25, 0.3) is 11.1 Å².